The molecule has 3 aromatic carbocycles. The van der Waals surface area contributed by atoms with Gasteiger partial charge in [0.15, 0.2) is 6.61 Å². The van der Waals surface area contributed by atoms with Gasteiger partial charge in [-0.3, -0.25) is 4.79 Å². The number of hydrogen-bond acceptors (Lipinski definition) is 4. The quantitative estimate of drug-likeness (QED) is 0.432. The molecule has 0 saturated heterocycles. The minimum Gasteiger partial charge on any atom is -0.488 e. The molecule has 6 heteroatoms. The predicted molar refractivity (Wildman–Crippen MR) is 115 cm³/mol. The molecule has 0 unspecified atom stereocenters. The fraction of sp³-hybridized carbons (Fsp3) is 0.130. The zero-order valence-corrected chi connectivity index (χ0v) is 16.7. The number of nitrogens with one attached hydrogen (secondary N) is 1. The molecule has 0 aromatic heterocycles. The number of nitrogens with zero attached hydrogens (tertiary/aromatic N) is 1. The second kappa shape index (κ2) is 10.3. The summed E-state index contributed by atoms with van der Waals surface area (Å²) in [5.41, 5.74) is 5.15. The molecule has 1 N–H and O–H groups in total. The van der Waals surface area contributed by atoms with Crippen LogP contribution in [0.2, 0.25) is 5.02 Å². The van der Waals surface area contributed by atoms with Crippen molar-refractivity contribution in [2.24, 2.45) is 5.10 Å². The van der Waals surface area contributed by atoms with Gasteiger partial charge >= 0.3 is 0 Å². The first-order valence-corrected chi connectivity index (χ1v) is 9.46. The van der Waals surface area contributed by atoms with Crippen molar-refractivity contribution in [3.8, 4) is 11.5 Å². The minimum absolute atomic E-state index is 0.147. The summed E-state index contributed by atoms with van der Waals surface area (Å²) < 4.78 is 11.4. The van der Waals surface area contributed by atoms with Gasteiger partial charge < -0.3 is 9.47 Å². The number of carbonyl (C=O) groups is 1. The third-order valence-electron chi connectivity index (χ3n) is 4.04. The van der Waals surface area contributed by atoms with E-state index in [0.717, 1.165) is 16.7 Å². The Morgan fingerprint density at radius 2 is 1.76 bits per heavy atom. The third kappa shape index (κ3) is 6.36. The van der Waals surface area contributed by atoms with Crippen LogP contribution in [0.25, 0.3) is 0 Å². The molecular formula is C23H21ClN2O3. The number of rotatable bonds is 8. The predicted octanol–water partition coefficient (Wildman–Crippen LogP) is 4.76. The summed E-state index contributed by atoms with van der Waals surface area (Å²) in [6.45, 7) is 2.17. The van der Waals surface area contributed by atoms with Crippen molar-refractivity contribution in [3.05, 3.63) is 94.5 Å². The highest BCUT2D eigenvalue weighted by Gasteiger charge is 2.05. The molecule has 0 radical (unpaired) electrons. The normalized spacial score (nSPS) is 10.7. The fourth-order valence-electron chi connectivity index (χ4n) is 2.58. The Morgan fingerprint density at radius 3 is 2.55 bits per heavy atom. The molecule has 0 aliphatic rings. The molecule has 0 fully saturated rings. The summed E-state index contributed by atoms with van der Waals surface area (Å²) >= 11 is 5.91. The highest BCUT2D eigenvalue weighted by molar-refractivity contribution is 6.30. The summed E-state index contributed by atoms with van der Waals surface area (Å²) in [5, 5.41) is 4.62. The maximum absolute atomic E-state index is 12.0. The van der Waals surface area contributed by atoms with Crippen LogP contribution in [0.5, 0.6) is 11.5 Å². The van der Waals surface area contributed by atoms with E-state index < -0.39 is 0 Å². The lowest BCUT2D eigenvalue weighted by Crippen LogP contribution is -2.24. The van der Waals surface area contributed by atoms with Gasteiger partial charge in [-0.15, -0.1) is 0 Å². The zero-order chi connectivity index (χ0) is 20.5. The second-order valence-electron chi connectivity index (χ2n) is 6.30. The van der Waals surface area contributed by atoms with E-state index in [9.17, 15) is 4.79 Å². The highest BCUT2D eigenvalue weighted by atomic mass is 35.5. The number of hydrazone groups is 1. The van der Waals surface area contributed by atoms with Crippen molar-refractivity contribution >= 4 is 23.7 Å². The van der Waals surface area contributed by atoms with Gasteiger partial charge in [0.05, 0.1) is 6.21 Å². The molecule has 3 aromatic rings. The van der Waals surface area contributed by atoms with Gasteiger partial charge in [0, 0.05) is 10.6 Å². The molecule has 1 amide bonds. The van der Waals surface area contributed by atoms with Crippen molar-refractivity contribution < 1.29 is 14.3 Å². The number of amides is 1. The summed E-state index contributed by atoms with van der Waals surface area (Å²) in [7, 11) is 0. The Labute approximate surface area is 174 Å². The summed E-state index contributed by atoms with van der Waals surface area (Å²) in [4.78, 5) is 12.0. The first-order valence-electron chi connectivity index (χ1n) is 9.08. The van der Waals surface area contributed by atoms with Crippen LogP contribution in [0.1, 0.15) is 16.7 Å². The lowest BCUT2D eigenvalue weighted by molar-refractivity contribution is -0.123. The monoisotopic (exact) mass is 408 g/mol. The Hall–Kier alpha value is -3.31. The van der Waals surface area contributed by atoms with Gasteiger partial charge in [-0.2, -0.15) is 5.10 Å². The van der Waals surface area contributed by atoms with Gasteiger partial charge in [-0.25, -0.2) is 5.43 Å². The van der Waals surface area contributed by atoms with Crippen molar-refractivity contribution in [2.75, 3.05) is 6.61 Å². The standard InChI is InChI=1S/C23H21ClN2O3/c1-17-13-20(24)11-12-21(17)29-16-23(27)26-25-14-19-9-5-6-10-22(19)28-15-18-7-3-2-4-8-18/h2-14H,15-16H2,1H3,(H,26,27). The molecule has 0 atom stereocenters. The number of hydrogen-bond donors (Lipinski definition) is 1. The Bertz CT molecular complexity index is 990. The van der Waals surface area contributed by atoms with Crippen molar-refractivity contribution in [1.82, 2.24) is 5.43 Å². The average Bonchev–Trinajstić information content (AvgIpc) is 2.73. The third-order valence-corrected chi connectivity index (χ3v) is 4.28. The molecule has 0 spiro atoms. The number of para-hydroxylation sites is 1. The molecule has 3 rings (SSSR count). The molecule has 0 aliphatic heterocycles. The van der Waals surface area contributed by atoms with Gasteiger partial charge in [0.1, 0.15) is 18.1 Å². The fourth-order valence-corrected chi connectivity index (χ4v) is 2.80. The van der Waals surface area contributed by atoms with Crippen LogP contribution >= 0.6 is 11.6 Å². The van der Waals surface area contributed by atoms with Crippen LogP contribution in [-0.2, 0) is 11.4 Å². The van der Waals surface area contributed by atoms with Crippen LogP contribution in [0, 0.1) is 6.92 Å². The van der Waals surface area contributed by atoms with E-state index in [4.69, 9.17) is 21.1 Å². The maximum atomic E-state index is 12.0. The van der Waals surface area contributed by atoms with Gasteiger partial charge in [-0.1, -0.05) is 54.1 Å². The lowest BCUT2D eigenvalue weighted by atomic mass is 10.2. The van der Waals surface area contributed by atoms with Crippen LogP contribution in [0.4, 0.5) is 0 Å². The van der Waals surface area contributed by atoms with E-state index in [0.29, 0.717) is 23.1 Å². The smallest absolute Gasteiger partial charge is 0.277 e. The van der Waals surface area contributed by atoms with Crippen LogP contribution < -0.4 is 14.9 Å². The van der Waals surface area contributed by atoms with Gasteiger partial charge in [0.2, 0.25) is 0 Å². The van der Waals surface area contributed by atoms with E-state index >= 15 is 0 Å². The first kappa shape index (κ1) is 20.4. The number of ether oxygens (including phenoxy) is 2. The van der Waals surface area contributed by atoms with Crippen molar-refractivity contribution in [2.45, 2.75) is 13.5 Å². The topological polar surface area (TPSA) is 59.9 Å². The number of aryl methyl sites for hydroxylation is 1. The van der Waals surface area contributed by atoms with Crippen LogP contribution in [0.15, 0.2) is 77.9 Å². The highest BCUT2D eigenvalue weighted by Crippen LogP contribution is 2.21. The molecule has 29 heavy (non-hydrogen) atoms. The molecule has 0 bridgehead atoms. The minimum atomic E-state index is -0.363. The van der Waals surface area contributed by atoms with Crippen molar-refractivity contribution in [3.63, 3.8) is 0 Å². The summed E-state index contributed by atoms with van der Waals surface area (Å²) in [5.74, 6) is 0.925. The van der Waals surface area contributed by atoms with E-state index in [1.54, 1.807) is 24.4 Å². The molecule has 5 nitrogen and oxygen atoms in total. The molecule has 0 heterocycles. The molecule has 0 saturated carbocycles. The SMILES string of the molecule is Cc1cc(Cl)ccc1OCC(=O)NN=Cc1ccccc1OCc1ccccc1. The number of benzene rings is 3. The van der Waals surface area contributed by atoms with Crippen LogP contribution in [0.3, 0.4) is 0 Å². The van der Waals surface area contributed by atoms with E-state index in [1.165, 1.54) is 0 Å². The van der Waals surface area contributed by atoms with Gasteiger partial charge in [-0.05, 0) is 48.4 Å². The Kier molecular flexibility index (Phi) is 7.25. The first-order chi connectivity index (χ1) is 14.1. The Balaban J connectivity index is 1.52. The Morgan fingerprint density at radius 1 is 1.00 bits per heavy atom. The lowest BCUT2D eigenvalue weighted by Gasteiger charge is -2.09. The number of halogens is 1. The molecule has 148 valence electrons. The van der Waals surface area contributed by atoms with E-state index in [-0.39, 0.29) is 12.5 Å². The summed E-state index contributed by atoms with van der Waals surface area (Å²) in [6, 6.07) is 22.6. The zero-order valence-electron chi connectivity index (χ0n) is 16.0. The largest absolute Gasteiger partial charge is 0.488 e. The maximum Gasteiger partial charge on any atom is 0.277 e. The number of carbonyl (C=O) groups excluding carboxylic acids is 1. The second-order valence-corrected chi connectivity index (χ2v) is 6.74. The molecule has 0 aliphatic carbocycles. The summed E-state index contributed by atoms with van der Waals surface area (Å²) in [6.07, 6.45) is 1.55. The van der Waals surface area contributed by atoms with E-state index in [2.05, 4.69) is 10.5 Å². The molecular weight excluding hydrogens is 388 g/mol. The van der Waals surface area contributed by atoms with E-state index in [1.807, 2.05) is 61.5 Å². The van der Waals surface area contributed by atoms with Crippen molar-refractivity contribution in [1.29, 1.82) is 0 Å². The van der Waals surface area contributed by atoms with Gasteiger partial charge in [0.25, 0.3) is 5.91 Å². The van der Waals surface area contributed by atoms with Crippen LogP contribution in [-0.4, -0.2) is 18.7 Å². The average molecular weight is 409 g/mol.